The smallest absolute Gasteiger partial charge is 0.242 e. The largest absolute Gasteiger partial charge is 0.378 e. The Balaban J connectivity index is 1.78. The van der Waals surface area contributed by atoms with Crippen LogP contribution in [0.3, 0.4) is 0 Å². The third-order valence-electron chi connectivity index (χ3n) is 4.99. The first-order chi connectivity index (χ1) is 14.1. The number of sulfonamides is 1. The number of aliphatic imine (C=N–C) groups is 1. The lowest BCUT2D eigenvalue weighted by molar-refractivity contribution is 0.0177. The molecule has 29 heavy (non-hydrogen) atoms. The van der Waals surface area contributed by atoms with Gasteiger partial charge in [0.05, 0.1) is 6.10 Å². The Hall–Kier alpha value is -1.71. The van der Waals surface area contributed by atoms with Crippen LogP contribution < -0.4 is 15.4 Å². The van der Waals surface area contributed by atoms with Gasteiger partial charge in [-0.2, -0.15) is 0 Å². The summed E-state index contributed by atoms with van der Waals surface area (Å²) in [5.41, 5.74) is 0. The summed E-state index contributed by atoms with van der Waals surface area (Å²) < 4.78 is 32.9. The summed E-state index contributed by atoms with van der Waals surface area (Å²) in [4.78, 5) is 8.63. The lowest BCUT2D eigenvalue weighted by Gasteiger charge is -2.22. The highest BCUT2D eigenvalue weighted by Crippen LogP contribution is 2.30. The molecule has 1 aliphatic rings. The number of nitrogens with zero attached hydrogens (tertiary/aromatic N) is 2. The minimum absolute atomic E-state index is 0.162. The van der Waals surface area contributed by atoms with E-state index in [2.05, 4.69) is 25.3 Å². The molecule has 1 aromatic rings. The topological polar surface area (TPSA) is 105 Å². The molecule has 8 nitrogen and oxygen atoms in total. The predicted octanol–water partition coefficient (Wildman–Crippen LogP) is 1.90. The number of ether oxygens (including phenoxy) is 1. The number of hydrogen-bond acceptors (Lipinski definition) is 5. The van der Waals surface area contributed by atoms with Crippen molar-refractivity contribution in [2.24, 2.45) is 10.9 Å². The SMILES string of the molecule is CCNC(=NCCC(OCC)C1CCCC1)NCCNS(=O)(=O)c1cccnc1. The molecule has 1 unspecified atom stereocenters. The number of nitrogens with one attached hydrogen (secondary N) is 3. The van der Waals surface area contributed by atoms with Gasteiger partial charge in [-0.05, 0) is 51.2 Å². The first-order valence-electron chi connectivity index (χ1n) is 10.6. The lowest BCUT2D eigenvalue weighted by atomic mass is 9.98. The Morgan fingerprint density at radius 3 is 2.72 bits per heavy atom. The molecule has 1 saturated carbocycles. The Morgan fingerprint density at radius 2 is 2.07 bits per heavy atom. The third kappa shape index (κ3) is 8.28. The van der Waals surface area contributed by atoms with Crippen molar-refractivity contribution in [1.29, 1.82) is 0 Å². The molecule has 1 aromatic heterocycles. The van der Waals surface area contributed by atoms with E-state index in [1.807, 2.05) is 13.8 Å². The molecule has 1 heterocycles. The van der Waals surface area contributed by atoms with Crippen LogP contribution in [0.4, 0.5) is 0 Å². The first-order valence-corrected chi connectivity index (χ1v) is 12.1. The van der Waals surface area contributed by atoms with Crippen molar-refractivity contribution in [3.05, 3.63) is 24.5 Å². The van der Waals surface area contributed by atoms with Gasteiger partial charge >= 0.3 is 0 Å². The Kier molecular flexibility index (Phi) is 10.4. The molecular weight excluding hydrogens is 390 g/mol. The van der Waals surface area contributed by atoms with Crippen molar-refractivity contribution in [2.45, 2.75) is 57.0 Å². The van der Waals surface area contributed by atoms with Crippen molar-refractivity contribution < 1.29 is 13.2 Å². The van der Waals surface area contributed by atoms with Crippen molar-refractivity contribution in [3.8, 4) is 0 Å². The van der Waals surface area contributed by atoms with Crippen LogP contribution in [0.2, 0.25) is 0 Å². The fourth-order valence-corrected chi connectivity index (χ4v) is 4.59. The zero-order valence-electron chi connectivity index (χ0n) is 17.6. The van der Waals surface area contributed by atoms with Gasteiger partial charge in [0.25, 0.3) is 0 Å². The molecular formula is C20H35N5O3S. The summed E-state index contributed by atoms with van der Waals surface area (Å²) in [5.74, 6) is 1.34. The molecule has 9 heteroatoms. The average molecular weight is 426 g/mol. The molecule has 0 aliphatic heterocycles. The van der Waals surface area contributed by atoms with Gasteiger partial charge in [-0.25, -0.2) is 13.1 Å². The third-order valence-corrected chi connectivity index (χ3v) is 6.43. The molecule has 0 spiro atoms. The van der Waals surface area contributed by atoms with Crippen LogP contribution >= 0.6 is 0 Å². The fourth-order valence-electron chi connectivity index (χ4n) is 3.60. The second kappa shape index (κ2) is 12.8. The lowest BCUT2D eigenvalue weighted by Crippen LogP contribution is -2.41. The maximum absolute atomic E-state index is 12.2. The Labute approximate surface area is 175 Å². The molecule has 3 N–H and O–H groups in total. The van der Waals surface area contributed by atoms with E-state index in [-0.39, 0.29) is 17.5 Å². The fraction of sp³-hybridized carbons (Fsp3) is 0.700. The van der Waals surface area contributed by atoms with Crippen molar-refractivity contribution in [1.82, 2.24) is 20.3 Å². The van der Waals surface area contributed by atoms with Gasteiger partial charge in [-0.1, -0.05) is 12.8 Å². The van der Waals surface area contributed by atoms with Crippen molar-refractivity contribution >= 4 is 16.0 Å². The highest BCUT2D eigenvalue weighted by atomic mass is 32.2. The second-order valence-corrected chi connectivity index (χ2v) is 8.87. The normalized spacial score (nSPS) is 16.7. The summed E-state index contributed by atoms with van der Waals surface area (Å²) in [6, 6.07) is 3.12. The Bertz CT molecular complexity index is 706. The van der Waals surface area contributed by atoms with Crippen LogP contribution in [0.5, 0.6) is 0 Å². The number of pyridine rings is 1. The van der Waals surface area contributed by atoms with E-state index in [0.717, 1.165) is 19.6 Å². The van der Waals surface area contributed by atoms with E-state index in [0.29, 0.717) is 25.0 Å². The molecule has 0 aromatic carbocycles. The van der Waals surface area contributed by atoms with E-state index in [1.54, 1.807) is 12.3 Å². The maximum Gasteiger partial charge on any atom is 0.242 e. The van der Waals surface area contributed by atoms with E-state index >= 15 is 0 Å². The van der Waals surface area contributed by atoms with E-state index in [9.17, 15) is 8.42 Å². The van der Waals surface area contributed by atoms with Crippen LogP contribution in [-0.2, 0) is 14.8 Å². The summed E-state index contributed by atoms with van der Waals surface area (Å²) in [5, 5.41) is 6.37. The van der Waals surface area contributed by atoms with E-state index in [1.165, 1.54) is 37.9 Å². The highest BCUT2D eigenvalue weighted by Gasteiger charge is 2.25. The number of guanidine groups is 1. The van der Waals surface area contributed by atoms with Gasteiger partial charge in [-0.3, -0.25) is 9.98 Å². The molecule has 1 aliphatic carbocycles. The highest BCUT2D eigenvalue weighted by molar-refractivity contribution is 7.89. The summed E-state index contributed by atoms with van der Waals surface area (Å²) in [7, 11) is -3.54. The minimum atomic E-state index is -3.54. The maximum atomic E-state index is 12.2. The van der Waals surface area contributed by atoms with Gasteiger partial charge in [-0.15, -0.1) is 0 Å². The van der Waals surface area contributed by atoms with Crippen LogP contribution in [0.1, 0.15) is 46.0 Å². The predicted molar refractivity (Wildman–Crippen MR) is 115 cm³/mol. The van der Waals surface area contributed by atoms with E-state index < -0.39 is 10.0 Å². The number of hydrogen-bond donors (Lipinski definition) is 3. The Morgan fingerprint density at radius 1 is 1.28 bits per heavy atom. The van der Waals surface area contributed by atoms with E-state index in [4.69, 9.17) is 4.74 Å². The van der Waals surface area contributed by atoms with Crippen molar-refractivity contribution in [2.75, 3.05) is 32.8 Å². The van der Waals surface area contributed by atoms with Gasteiger partial charge < -0.3 is 15.4 Å². The molecule has 0 radical (unpaired) electrons. The van der Waals surface area contributed by atoms with Crippen LogP contribution in [-0.4, -0.2) is 58.3 Å². The molecule has 1 atom stereocenters. The zero-order valence-corrected chi connectivity index (χ0v) is 18.4. The van der Waals surface area contributed by atoms with Crippen molar-refractivity contribution in [3.63, 3.8) is 0 Å². The molecule has 164 valence electrons. The van der Waals surface area contributed by atoms with Gasteiger partial charge in [0.15, 0.2) is 5.96 Å². The van der Waals surface area contributed by atoms with Crippen LogP contribution in [0.25, 0.3) is 0 Å². The molecule has 2 rings (SSSR count). The first kappa shape index (κ1) is 23.6. The van der Waals surface area contributed by atoms with Gasteiger partial charge in [0, 0.05) is 45.2 Å². The van der Waals surface area contributed by atoms with Crippen LogP contribution in [0, 0.1) is 5.92 Å². The molecule has 0 bridgehead atoms. The number of aromatic nitrogens is 1. The zero-order chi connectivity index (χ0) is 21.0. The second-order valence-electron chi connectivity index (χ2n) is 7.10. The van der Waals surface area contributed by atoms with Gasteiger partial charge in [0.2, 0.25) is 10.0 Å². The number of rotatable bonds is 12. The molecule has 0 amide bonds. The minimum Gasteiger partial charge on any atom is -0.378 e. The average Bonchev–Trinajstić information content (AvgIpc) is 3.26. The standard InChI is InChI=1S/C20H35N5O3S/c1-3-22-20(23-13-11-19(28-4-2)17-8-5-6-9-17)24-14-15-25-29(26,27)18-10-7-12-21-16-18/h7,10,12,16-17,19,25H,3-6,8-9,11,13-15H2,1-2H3,(H2,22,23,24). The molecule has 1 fully saturated rings. The van der Waals surface area contributed by atoms with Gasteiger partial charge in [0.1, 0.15) is 4.90 Å². The quantitative estimate of drug-likeness (QED) is 0.268. The monoisotopic (exact) mass is 425 g/mol. The summed E-state index contributed by atoms with van der Waals surface area (Å²) >= 11 is 0. The molecule has 0 saturated heterocycles. The van der Waals surface area contributed by atoms with Crippen LogP contribution in [0.15, 0.2) is 34.4 Å². The summed E-state index contributed by atoms with van der Waals surface area (Å²) in [6.45, 7) is 6.89. The summed E-state index contributed by atoms with van der Waals surface area (Å²) in [6.07, 6.45) is 9.17.